The number of carbonyl (C=O) groups excluding carboxylic acids is 1. The number of amides is 1. The van der Waals surface area contributed by atoms with Crippen molar-refractivity contribution in [2.45, 2.75) is 32.7 Å². The number of halogens is 1. The second-order valence-corrected chi connectivity index (χ2v) is 8.26. The van der Waals surface area contributed by atoms with Crippen LogP contribution in [0, 0.1) is 23.1 Å². The third kappa shape index (κ3) is 4.29. The van der Waals surface area contributed by atoms with Gasteiger partial charge in [0.05, 0.1) is 12.6 Å². The number of hydrogen-bond donors (Lipinski definition) is 2. The minimum Gasteiger partial charge on any atom is -0.326 e. The molecule has 136 valence electrons. The molecule has 26 heavy (non-hydrogen) atoms. The number of thiophene rings is 1. The number of quaternary nitrogens is 1. The minimum absolute atomic E-state index is 0.104. The molecule has 0 radical (unpaired) electrons. The molecule has 0 spiro atoms. The average Bonchev–Trinajstić information content (AvgIpc) is 2.92. The summed E-state index contributed by atoms with van der Waals surface area (Å²) in [4.78, 5) is 14.7. The highest BCUT2D eigenvalue weighted by Gasteiger charge is 2.25. The Kier molecular flexibility index (Phi) is 5.70. The van der Waals surface area contributed by atoms with Crippen molar-refractivity contribution in [3.05, 3.63) is 51.7 Å². The normalized spacial score (nSPS) is 17.2. The first-order valence-electron chi connectivity index (χ1n) is 8.86. The molecule has 0 aliphatic heterocycles. The maximum Gasteiger partial charge on any atom is 0.280 e. The van der Waals surface area contributed by atoms with Gasteiger partial charge in [-0.1, -0.05) is 19.1 Å². The van der Waals surface area contributed by atoms with E-state index in [-0.39, 0.29) is 11.7 Å². The van der Waals surface area contributed by atoms with Gasteiger partial charge in [0.1, 0.15) is 23.4 Å². The van der Waals surface area contributed by atoms with Crippen LogP contribution in [0.1, 0.15) is 34.9 Å². The first-order chi connectivity index (χ1) is 12.5. The van der Waals surface area contributed by atoms with Crippen LogP contribution in [-0.2, 0) is 24.2 Å². The van der Waals surface area contributed by atoms with Crippen molar-refractivity contribution in [1.82, 2.24) is 0 Å². The van der Waals surface area contributed by atoms with E-state index < -0.39 is 0 Å². The van der Waals surface area contributed by atoms with Gasteiger partial charge < -0.3 is 10.2 Å². The van der Waals surface area contributed by atoms with Crippen LogP contribution in [0.5, 0.6) is 0 Å². The zero-order valence-electron chi connectivity index (χ0n) is 15.1. The van der Waals surface area contributed by atoms with Gasteiger partial charge in [-0.2, -0.15) is 5.26 Å². The Morgan fingerprint density at radius 2 is 2.15 bits per heavy atom. The maximum absolute atomic E-state index is 13.0. The fourth-order valence-electron chi connectivity index (χ4n) is 3.42. The fourth-order valence-corrected chi connectivity index (χ4v) is 4.79. The van der Waals surface area contributed by atoms with Gasteiger partial charge >= 0.3 is 0 Å². The lowest BCUT2D eigenvalue weighted by Gasteiger charge is -2.17. The number of likely N-dealkylation sites (N-methyl/N-ethyl adjacent to an activating group) is 1. The lowest BCUT2D eigenvalue weighted by atomic mass is 9.89. The molecule has 2 aromatic rings. The van der Waals surface area contributed by atoms with E-state index in [1.165, 1.54) is 17.0 Å². The molecule has 0 saturated carbocycles. The summed E-state index contributed by atoms with van der Waals surface area (Å²) in [6.45, 7) is 3.15. The molecule has 0 bridgehead atoms. The van der Waals surface area contributed by atoms with Crippen molar-refractivity contribution in [1.29, 1.82) is 5.26 Å². The van der Waals surface area contributed by atoms with E-state index in [0.29, 0.717) is 29.6 Å². The predicted octanol–water partition coefficient (Wildman–Crippen LogP) is 2.54. The third-order valence-electron chi connectivity index (χ3n) is 4.76. The third-order valence-corrected chi connectivity index (χ3v) is 5.93. The summed E-state index contributed by atoms with van der Waals surface area (Å²) in [6, 6.07) is 8.61. The molecule has 4 nitrogen and oxygen atoms in total. The average molecular weight is 372 g/mol. The second kappa shape index (κ2) is 7.98. The molecule has 2 atom stereocenters. The molecule has 1 aromatic heterocycles. The van der Waals surface area contributed by atoms with Crippen LogP contribution in [0.4, 0.5) is 9.39 Å². The van der Waals surface area contributed by atoms with E-state index in [1.807, 2.05) is 7.05 Å². The Morgan fingerprint density at radius 3 is 2.85 bits per heavy atom. The number of carbonyl (C=O) groups is 1. The quantitative estimate of drug-likeness (QED) is 0.847. The van der Waals surface area contributed by atoms with Gasteiger partial charge in [-0.25, -0.2) is 4.39 Å². The molecule has 0 fully saturated rings. The monoisotopic (exact) mass is 372 g/mol. The van der Waals surface area contributed by atoms with Crippen molar-refractivity contribution >= 4 is 22.2 Å². The molecule has 1 heterocycles. The number of nitrogens with zero attached hydrogens (tertiary/aromatic N) is 1. The number of hydrogen-bond acceptors (Lipinski definition) is 3. The molecule has 1 amide bonds. The molecule has 3 rings (SSSR count). The largest absolute Gasteiger partial charge is 0.326 e. The Labute approximate surface area is 157 Å². The van der Waals surface area contributed by atoms with Crippen LogP contribution < -0.4 is 10.2 Å². The number of nitriles is 1. The van der Waals surface area contributed by atoms with Crippen molar-refractivity contribution < 1.29 is 14.1 Å². The van der Waals surface area contributed by atoms with Gasteiger partial charge in [-0.15, -0.1) is 11.3 Å². The Morgan fingerprint density at radius 1 is 1.42 bits per heavy atom. The first kappa shape index (κ1) is 18.6. The summed E-state index contributed by atoms with van der Waals surface area (Å²) < 4.78 is 13.0. The smallest absolute Gasteiger partial charge is 0.280 e. The molecular formula is C20H23FN3OS+. The van der Waals surface area contributed by atoms with E-state index in [1.54, 1.807) is 23.5 Å². The lowest BCUT2D eigenvalue weighted by Crippen LogP contribution is -3.08. The van der Waals surface area contributed by atoms with Crippen LogP contribution in [0.15, 0.2) is 24.3 Å². The van der Waals surface area contributed by atoms with Crippen molar-refractivity contribution in [3.8, 4) is 6.07 Å². The fraction of sp³-hybridized carbons (Fsp3) is 0.400. The van der Waals surface area contributed by atoms with Gasteiger partial charge in [0.2, 0.25) is 0 Å². The topological polar surface area (TPSA) is 57.3 Å². The molecule has 1 unspecified atom stereocenters. The Hall–Kier alpha value is -2.23. The van der Waals surface area contributed by atoms with E-state index in [2.05, 4.69) is 18.3 Å². The van der Waals surface area contributed by atoms with E-state index in [4.69, 9.17) is 0 Å². The molecule has 1 aromatic carbocycles. The molecular weight excluding hydrogens is 349 g/mol. The summed E-state index contributed by atoms with van der Waals surface area (Å²) >= 11 is 1.55. The zero-order chi connectivity index (χ0) is 18.7. The minimum atomic E-state index is -0.260. The summed E-state index contributed by atoms with van der Waals surface area (Å²) in [5.74, 6) is 0.263. The number of nitrogens with one attached hydrogen (secondary N) is 2. The van der Waals surface area contributed by atoms with Crippen molar-refractivity contribution in [2.75, 3.05) is 18.9 Å². The molecule has 1 aliphatic carbocycles. The van der Waals surface area contributed by atoms with Crippen LogP contribution in [-0.4, -0.2) is 19.5 Å². The first-order valence-corrected chi connectivity index (χ1v) is 9.68. The van der Waals surface area contributed by atoms with Crippen LogP contribution >= 0.6 is 11.3 Å². The highest BCUT2D eigenvalue weighted by atomic mass is 32.1. The van der Waals surface area contributed by atoms with Gasteiger partial charge in [-0.05, 0) is 42.9 Å². The number of fused-ring (bicyclic) bond motifs is 1. The molecule has 6 heteroatoms. The maximum atomic E-state index is 13.0. The van der Waals surface area contributed by atoms with Crippen LogP contribution in [0.2, 0.25) is 0 Å². The number of rotatable bonds is 5. The Bertz CT molecular complexity index is 838. The van der Waals surface area contributed by atoms with E-state index in [9.17, 15) is 14.4 Å². The summed E-state index contributed by atoms with van der Waals surface area (Å²) in [5, 5.41) is 13.1. The van der Waals surface area contributed by atoms with Gasteiger partial charge in [-0.3, -0.25) is 4.79 Å². The zero-order valence-corrected chi connectivity index (χ0v) is 15.9. The highest BCUT2D eigenvalue weighted by Crippen LogP contribution is 2.39. The summed E-state index contributed by atoms with van der Waals surface area (Å²) in [5.41, 5.74) is 2.74. The van der Waals surface area contributed by atoms with Gasteiger partial charge in [0, 0.05) is 10.4 Å². The van der Waals surface area contributed by atoms with Crippen molar-refractivity contribution in [3.63, 3.8) is 0 Å². The highest BCUT2D eigenvalue weighted by molar-refractivity contribution is 7.16. The Balaban J connectivity index is 1.63. The standard InChI is InChI=1S/C20H22FN3OS/c1-13-3-8-16-17(10-22)20(26-18(16)9-13)23-19(25)12-24(2)11-14-4-6-15(21)7-5-14/h4-7,13H,3,8-9,11-12H2,1-2H3,(H,23,25)/p+1/t13-/m0/s1. The van der Waals surface area contributed by atoms with Crippen molar-refractivity contribution in [2.24, 2.45) is 5.92 Å². The predicted molar refractivity (Wildman–Crippen MR) is 101 cm³/mol. The van der Waals surface area contributed by atoms with E-state index >= 15 is 0 Å². The van der Waals surface area contributed by atoms with Gasteiger partial charge in [0.25, 0.3) is 5.91 Å². The summed E-state index contributed by atoms with van der Waals surface area (Å²) in [7, 11) is 1.93. The molecule has 1 aliphatic rings. The lowest BCUT2D eigenvalue weighted by molar-refractivity contribution is -0.885. The number of benzene rings is 1. The number of anilines is 1. The molecule has 0 saturated heterocycles. The second-order valence-electron chi connectivity index (χ2n) is 7.15. The van der Waals surface area contributed by atoms with E-state index in [0.717, 1.165) is 35.3 Å². The summed E-state index contributed by atoms with van der Waals surface area (Å²) in [6.07, 6.45) is 3.00. The SMILES string of the molecule is C[C@H]1CCc2c(sc(NC(=O)C[NH+](C)Cc3ccc(F)cc3)c2C#N)C1. The van der Waals surface area contributed by atoms with Crippen LogP contribution in [0.25, 0.3) is 0 Å². The van der Waals surface area contributed by atoms with Crippen LogP contribution in [0.3, 0.4) is 0 Å². The molecule has 2 N–H and O–H groups in total. The van der Waals surface area contributed by atoms with Gasteiger partial charge in [0.15, 0.2) is 6.54 Å².